The summed E-state index contributed by atoms with van der Waals surface area (Å²) in [6, 6.07) is 19.0. The summed E-state index contributed by atoms with van der Waals surface area (Å²) in [5.41, 5.74) is 4.28. The first-order valence-corrected chi connectivity index (χ1v) is 11.2. The molecule has 0 bridgehead atoms. The molecule has 31 heavy (non-hydrogen) atoms. The Morgan fingerprint density at radius 1 is 1.13 bits per heavy atom. The first-order chi connectivity index (χ1) is 14.8. The molecule has 0 aliphatic heterocycles. The average Bonchev–Trinajstić information content (AvgIpc) is 2.71. The summed E-state index contributed by atoms with van der Waals surface area (Å²) in [6.45, 7) is 3.81. The van der Waals surface area contributed by atoms with Gasteiger partial charge in [-0.2, -0.15) is 0 Å². The van der Waals surface area contributed by atoms with E-state index in [-0.39, 0.29) is 5.56 Å². The lowest BCUT2D eigenvalue weighted by Crippen LogP contribution is -2.22. The maximum atomic E-state index is 13.2. The molecule has 1 aromatic heterocycles. The normalized spacial score (nSPS) is 11.0. The minimum Gasteiger partial charge on any atom is -0.349 e. The third kappa shape index (κ3) is 4.71. The summed E-state index contributed by atoms with van der Waals surface area (Å²) in [4.78, 5) is 18.5. The summed E-state index contributed by atoms with van der Waals surface area (Å²) in [5.74, 6) is 0.643. The Hall–Kier alpha value is -2.54. The van der Waals surface area contributed by atoms with E-state index in [2.05, 4.69) is 26.2 Å². The van der Waals surface area contributed by atoms with E-state index in [1.165, 1.54) is 0 Å². The lowest BCUT2D eigenvalue weighted by atomic mass is 10.1. The standard InChI is InChI=1S/C24H19BrClN3OS/c1-14-6-8-21-19(10-14)24(30)29(15(2)27-21)18-5-3-4-16(11-18)12-23(31)28-22-9-7-17(26)13-20(22)25/h3-11,13H,12H2,1-2H3,(H,28,31). The van der Waals surface area contributed by atoms with Crippen LogP contribution >= 0.6 is 39.7 Å². The maximum absolute atomic E-state index is 13.2. The molecule has 0 unspecified atom stereocenters. The molecule has 0 saturated carbocycles. The predicted octanol–water partition coefficient (Wildman–Crippen LogP) is 6.40. The first-order valence-electron chi connectivity index (χ1n) is 9.66. The molecule has 1 heterocycles. The fourth-order valence-electron chi connectivity index (χ4n) is 3.49. The van der Waals surface area contributed by atoms with Gasteiger partial charge in [-0.05, 0) is 77.8 Å². The van der Waals surface area contributed by atoms with E-state index < -0.39 is 0 Å². The molecule has 4 aromatic rings. The lowest BCUT2D eigenvalue weighted by Gasteiger charge is -2.14. The van der Waals surface area contributed by atoms with E-state index >= 15 is 0 Å². The highest BCUT2D eigenvalue weighted by atomic mass is 79.9. The molecule has 0 fully saturated rings. The number of aromatic nitrogens is 2. The van der Waals surface area contributed by atoms with Gasteiger partial charge in [0.1, 0.15) is 5.82 Å². The highest BCUT2D eigenvalue weighted by Crippen LogP contribution is 2.26. The third-order valence-corrected chi connectivity index (χ3v) is 6.07. The van der Waals surface area contributed by atoms with Crippen molar-refractivity contribution < 1.29 is 0 Å². The van der Waals surface area contributed by atoms with Gasteiger partial charge in [-0.1, -0.05) is 47.6 Å². The number of hydrogen-bond acceptors (Lipinski definition) is 3. The molecule has 4 nitrogen and oxygen atoms in total. The first kappa shape index (κ1) is 21.7. The van der Waals surface area contributed by atoms with Gasteiger partial charge in [0.25, 0.3) is 5.56 Å². The molecule has 0 atom stereocenters. The molecular weight excluding hydrogens is 494 g/mol. The van der Waals surface area contributed by atoms with E-state index in [4.69, 9.17) is 23.8 Å². The lowest BCUT2D eigenvalue weighted by molar-refractivity contribution is 0.893. The Kier molecular flexibility index (Phi) is 6.23. The van der Waals surface area contributed by atoms with E-state index in [0.29, 0.717) is 33.2 Å². The van der Waals surface area contributed by atoms with E-state index in [0.717, 1.165) is 27.0 Å². The minimum atomic E-state index is -0.0749. The second-order valence-corrected chi connectivity index (χ2v) is 9.12. The number of anilines is 1. The van der Waals surface area contributed by atoms with Crippen LogP contribution in [0.5, 0.6) is 0 Å². The van der Waals surface area contributed by atoms with Crippen LogP contribution < -0.4 is 10.9 Å². The number of nitrogens with one attached hydrogen (secondary N) is 1. The highest BCUT2D eigenvalue weighted by Gasteiger charge is 2.11. The molecule has 156 valence electrons. The number of aryl methyl sites for hydroxylation is 2. The van der Waals surface area contributed by atoms with Crippen molar-refractivity contribution in [1.82, 2.24) is 9.55 Å². The van der Waals surface area contributed by atoms with Crippen molar-refractivity contribution in [1.29, 1.82) is 0 Å². The van der Waals surface area contributed by atoms with Gasteiger partial charge in [0.2, 0.25) is 0 Å². The molecule has 3 aromatic carbocycles. The number of halogens is 2. The van der Waals surface area contributed by atoms with Crippen LogP contribution in [0.25, 0.3) is 16.6 Å². The van der Waals surface area contributed by atoms with Gasteiger partial charge < -0.3 is 5.32 Å². The Labute approximate surface area is 199 Å². The van der Waals surface area contributed by atoms with Gasteiger partial charge in [-0.3, -0.25) is 9.36 Å². The van der Waals surface area contributed by atoms with E-state index in [9.17, 15) is 4.79 Å². The van der Waals surface area contributed by atoms with Crippen molar-refractivity contribution in [2.24, 2.45) is 0 Å². The second kappa shape index (κ2) is 8.91. The zero-order valence-corrected chi connectivity index (χ0v) is 20.1. The number of hydrogen-bond donors (Lipinski definition) is 1. The van der Waals surface area contributed by atoms with E-state index in [1.54, 1.807) is 4.57 Å². The zero-order valence-electron chi connectivity index (χ0n) is 16.9. The Morgan fingerprint density at radius 2 is 1.94 bits per heavy atom. The van der Waals surface area contributed by atoms with Gasteiger partial charge in [-0.15, -0.1) is 0 Å². The van der Waals surface area contributed by atoms with Gasteiger partial charge in [0.05, 0.1) is 27.3 Å². The van der Waals surface area contributed by atoms with Crippen molar-refractivity contribution >= 4 is 61.3 Å². The van der Waals surface area contributed by atoms with Crippen molar-refractivity contribution in [2.75, 3.05) is 5.32 Å². The molecule has 1 N–H and O–H groups in total. The Morgan fingerprint density at radius 3 is 2.71 bits per heavy atom. The number of benzene rings is 3. The number of fused-ring (bicyclic) bond motifs is 1. The highest BCUT2D eigenvalue weighted by molar-refractivity contribution is 9.10. The molecule has 0 spiro atoms. The molecule has 0 saturated heterocycles. The van der Waals surface area contributed by atoms with Crippen molar-refractivity contribution in [3.05, 3.63) is 97.5 Å². The largest absolute Gasteiger partial charge is 0.349 e. The smallest absolute Gasteiger partial charge is 0.265 e. The molecule has 0 amide bonds. The molecular formula is C24H19BrClN3OS. The molecule has 0 aliphatic carbocycles. The number of nitrogens with zero attached hydrogens (tertiary/aromatic N) is 2. The van der Waals surface area contributed by atoms with E-state index in [1.807, 2.05) is 74.5 Å². The SMILES string of the molecule is Cc1ccc2nc(C)n(-c3cccc(CC(=S)Nc4ccc(Cl)cc4Br)c3)c(=O)c2c1. The summed E-state index contributed by atoms with van der Waals surface area (Å²) in [5, 5.41) is 4.50. The summed E-state index contributed by atoms with van der Waals surface area (Å²) < 4.78 is 2.49. The van der Waals surface area contributed by atoms with Gasteiger partial charge >= 0.3 is 0 Å². The van der Waals surface area contributed by atoms with Crippen molar-refractivity contribution in [3.63, 3.8) is 0 Å². The van der Waals surface area contributed by atoms with Crippen LogP contribution in [0.15, 0.2) is 69.9 Å². The molecule has 0 radical (unpaired) electrons. The van der Waals surface area contributed by atoms with Crippen LogP contribution in [0.1, 0.15) is 17.0 Å². The summed E-state index contributed by atoms with van der Waals surface area (Å²) in [7, 11) is 0. The van der Waals surface area contributed by atoms with Crippen LogP contribution in [0.4, 0.5) is 5.69 Å². The molecule has 7 heteroatoms. The van der Waals surface area contributed by atoms with Crippen LogP contribution in [0, 0.1) is 13.8 Å². The fourth-order valence-corrected chi connectivity index (χ4v) is 4.55. The Bertz CT molecular complexity index is 1380. The fraction of sp³-hybridized carbons (Fsp3) is 0.125. The quantitative estimate of drug-likeness (QED) is 0.321. The number of rotatable bonds is 4. The van der Waals surface area contributed by atoms with Gasteiger partial charge in [0.15, 0.2) is 0 Å². The zero-order chi connectivity index (χ0) is 22.1. The van der Waals surface area contributed by atoms with Crippen LogP contribution in [0.2, 0.25) is 5.02 Å². The minimum absolute atomic E-state index is 0.0749. The van der Waals surface area contributed by atoms with Crippen LogP contribution in [0.3, 0.4) is 0 Å². The van der Waals surface area contributed by atoms with Gasteiger partial charge in [0, 0.05) is 15.9 Å². The predicted molar refractivity (Wildman–Crippen MR) is 136 cm³/mol. The molecule has 0 aliphatic rings. The molecule has 4 rings (SSSR count). The maximum Gasteiger partial charge on any atom is 0.265 e. The topological polar surface area (TPSA) is 46.9 Å². The monoisotopic (exact) mass is 511 g/mol. The summed E-state index contributed by atoms with van der Waals surface area (Å²) >= 11 is 15.1. The number of thiocarbonyl (C=S) groups is 1. The second-order valence-electron chi connectivity index (χ2n) is 7.34. The Balaban J connectivity index is 1.64. The third-order valence-electron chi connectivity index (χ3n) is 4.93. The summed E-state index contributed by atoms with van der Waals surface area (Å²) in [6.07, 6.45) is 0.534. The average molecular weight is 513 g/mol. The van der Waals surface area contributed by atoms with Crippen LogP contribution in [-0.4, -0.2) is 14.5 Å². The van der Waals surface area contributed by atoms with Crippen molar-refractivity contribution in [3.8, 4) is 5.69 Å². The van der Waals surface area contributed by atoms with Crippen LogP contribution in [-0.2, 0) is 6.42 Å². The van der Waals surface area contributed by atoms with Crippen molar-refractivity contribution in [2.45, 2.75) is 20.3 Å². The van der Waals surface area contributed by atoms with Gasteiger partial charge in [-0.25, -0.2) is 4.98 Å².